The first-order chi connectivity index (χ1) is 16.3. The number of aliphatic carboxylic acids is 2. The van der Waals surface area contributed by atoms with Crippen LogP contribution in [0.25, 0.3) is 0 Å². The lowest BCUT2D eigenvalue weighted by molar-refractivity contribution is -0.147. The number of hydrogen-bond donors (Lipinski definition) is 4. The van der Waals surface area contributed by atoms with E-state index in [-0.39, 0.29) is 12.3 Å². The average molecular weight is 494 g/mol. The second-order valence-electron chi connectivity index (χ2n) is 11.0. The fourth-order valence-corrected chi connectivity index (χ4v) is 4.58. The van der Waals surface area contributed by atoms with Gasteiger partial charge in [-0.3, -0.25) is 14.4 Å². The van der Waals surface area contributed by atoms with Crippen LogP contribution in [0.2, 0.25) is 0 Å². The van der Waals surface area contributed by atoms with Crippen LogP contribution < -0.4 is 5.32 Å². The highest BCUT2D eigenvalue weighted by Gasteiger charge is 2.33. The van der Waals surface area contributed by atoms with Crippen molar-refractivity contribution in [2.24, 2.45) is 29.1 Å². The van der Waals surface area contributed by atoms with Gasteiger partial charge in [-0.1, -0.05) is 39.0 Å². The van der Waals surface area contributed by atoms with E-state index in [0.717, 1.165) is 12.8 Å². The lowest BCUT2D eigenvalue weighted by atomic mass is 9.66. The number of aliphatic hydroxyl groups excluding tert-OH is 1. The van der Waals surface area contributed by atoms with E-state index in [9.17, 15) is 19.5 Å². The van der Waals surface area contributed by atoms with Crippen LogP contribution in [0.15, 0.2) is 23.8 Å². The minimum Gasteiger partial charge on any atom is -0.481 e. The highest BCUT2D eigenvalue weighted by atomic mass is 16.4. The van der Waals surface area contributed by atoms with Crippen LogP contribution in [0.4, 0.5) is 0 Å². The van der Waals surface area contributed by atoms with Crippen LogP contribution in [0.5, 0.6) is 0 Å². The van der Waals surface area contributed by atoms with Crippen molar-refractivity contribution in [1.82, 2.24) is 5.32 Å². The Morgan fingerprint density at radius 2 is 1.80 bits per heavy atom. The summed E-state index contributed by atoms with van der Waals surface area (Å²) in [6.07, 6.45) is 13.0. The lowest BCUT2D eigenvalue weighted by Gasteiger charge is -2.38. The lowest BCUT2D eigenvalue weighted by Crippen LogP contribution is -2.38. The molecule has 0 saturated carbocycles. The van der Waals surface area contributed by atoms with E-state index >= 15 is 0 Å². The Morgan fingerprint density at radius 3 is 2.34 bits per heavy atom. The number of carboxylic acid groups (broad SMARTS) is 2. The summed E-state index contributed by atoms with van der Waals surface area (Å²) in [6.45, 7) is 11.3. The molecule has 0 radical (unpaired) electrons. The van der Waals surface area contributed by atoms with E-state index in [1.807, 2.05) is 6.92 Å². The van der Waals surface area contributed by atoms with Crippen molar-refractivity contribution in [2.75, 3.05) is 0 Å². The maximum absolute atomic E-state index is 11.7. The zero-order chi connectivity index (χ0) is 26.8. The predicted molar refractivity (Wildman–Crippen MR) is 138 cm³/mol. The first kappa shape index (κ1) is 30.9. The zero-order valence-corrected chi connectivity index (χ0v) is 22.4. The van der Waals surface area contributed by atoms with Gasteiger partial charge in [0, 0.05) is 6.42 Å². The van der Waals surface area contributed by atoms with Crippen molar-refractivity contribution in [3.8, 4) is 0 Å². The van der Waals surface area contributed by atoms with Crippen LogP contribution >= 0.6 is 0 Å². The molecule has 0 aromatic rings. The monoisotopic (exact) mass is 493 g/mol. The van der Waals surface area contributed by atoms with Crippen LogP contribution in [-0.4, -0.2) is 45.3 Å². The first-order valence-electron chi connectivity index (χ1n) is 13.1. The van der Waals surface area contributed by atoms with Crippen LogP contribution in [-0.2, 0) is 14.4 Å². The minimum atomic E-state index is -1.04. The van der Waals surface area contributed by atoms with E-state index in [1.54, 1.807) is 13.8 Å². The van der Waals surface area contributed by atoms with Crippen molar-refractivity contribution >= 4 is 17.8 Å². The zero-order valence-electron chi connectivity index (χ0n) is 22.4. The number of aliphatic hydroxyl groups is 1. The summed E-state index contributed by atoms with van der Waals surface area (Å²) < 4.78 is 0. The van der Waals surface area contributed by atoms with Crippen molar-refractivity contribution in [3.05, 3.63) is 23.8 Å². The SMILES string of the molecule is CC(NC(=O)CCCC(O)CCC1C(C)C=CC2=C[C@H](C)CCC21)C(=O)O.CCC(C)(C)C(=O)O. The van der Waals surface area contributed by atoms with Crippen molar-refractivity contribution in [1.29, 1.82) is 0 Å². The summed E-state index contributed by atoms with van der Waals surface area (Å²) in [6, 6.07) is -0.872. The molecule has 0 bridgehead atoms. The quantitative estimate of drug-likeness (QED) is 0.314. The van der Waals surface area contributed by atoms with Gasteiger partial charge in [-0.25, -0.2) is 0 Å². The van der Waals surface area contributed by atoms with Gasteiger partial charge in [0.05, 0.1) is 11.5 Å². The molecule has 0 heterocycles. The molecule has 4 N–H and O–H groups in total. The topological polar surface area (TPSA) is 124 Å². The number of fused-ring (bicyclic) bond motifs is 1. The third-order valence-electron chi connectivity index (χ3n) is 7.61. The number of carbonyl (C=O) groups is 3. The van der Waals surface area contributed by atoms with E-state index in [0.29, 0.717) is 42.9 Å². The van der Waals surface area contributed by atoms with Gasteiger partial charge in [0.15, 0.2) is 0 Å². The molecule has 0 aromatic heterocycles. The summed E-state index contributed by atoms with van der Waals surface area (Å²) in [4.78, 5) is 32.7. The number of hydrogen-bond acceptors (Lipinski definition) is 4. The fourth-order valence-electron chi connectivity index (χ4n) is 4.58. The third-order valence-corrected chi connectivity index (χ3v) is 7.61. The Kier molecular flexibility index (Phi) is 12.7. The van der Waals surface area contributed by atoms with E-state index in [4.69, 9.17) is 10.2 Å². The molecular formula is C28H47NO6. The molecule has 5 unspecified atom stereocenters. The highest BCUT2D eigenvalue weighted by molar-refractivity contribution is 5.83. The molecule has 0 aromatic carbocycles. The summed E-state index contributed by atoms with van der Waals surface area (Å²) >= 11 is 0. The summed E-state index contributed by atoms with van der Waals surface area (Å²) in [7, 11) is 0. The Balaban J connectivity index is 0.000000658. The molecule has 1 amide bonds. The number of carboxylic acids is 2. The molecule has 0 aliphatic heterocycles. The first-order valence-corrected chi connectivity index (χ1v) is 13.1. The number of allylic oxidation sites excluding steroid dienone is 4. The van der Waals surface area contributed by atoms with Gasteiger partial charge in [0.2, 0.25) is 5.91 Å². The van der Waals surface area contributed by atoms with Gasteiger partial charge in [-0.05, 0) is 95.0 Å². The van der Waals surface area contributed by atoms with Crippen molar-refractivity contribution in [3.63, 3.8) is 0 Å². The molecule has 0 saturated heterocycles. The van der Waals surface area contributed by atoms with Gasteiger partial charge < -0.3 is 20.6 Å². The predicted octanol–water partition coefficient (Wildman–Crippen LogP) is 5.19. The number of nitrogens with one attached hydrogen (secondary N) is 1. The second kappa shape index (κ2) is 14.4. The van der Waals surface area contributed by atoms with Crippen LogP contribution in [0, 0.1) is 29.1 Å². The second-order valence-corrected chi connectivity index (χ2v) is 11.0. The van der Waals surface area contributed by atoms with Crippen molar-refractivity contribution < 1.29 is 29.7 Å². The minimum absolute atomic E-state index is 0.255. The normalized spacial score (nSPS) is 25.3. The summed E-state index contributed by atoms with van der Waals surface area (Å²) in [5.74, 6) is 0.380. The fraction of sp³-hybridized carbons (Fsp3) is 0.750. The smallest absolute Gasteiger partial charge is 0.325 e. The number of amides is 1. The average Bonchev–Trinajstić information content (AvgIpc) is 2.78. The Hall–Kier alpha value is -2.15. The van der Waals surface area contributed by atoms with Gasteiger partial charge >= 0.3 is 11.9 Å². The molecule has 6 atom stereocenters. The highest BCUT2D eigenvalue weighted by Crippen LogP contribution is 2.43. The Labute approximate surface area is 211 Å². The van der Waals surface area contributed by atoms with E-state index in [1.165, 1.54) is 25.3 Å². The maximum atomic E-state index is 11.7. The molecule has 2 rings (SSSR count). The van der Waals surface area contributed by atoms with Crippen molar-refractivity contribution in [2.45, 2.75) is 105 Å². The standard InChI is InChI=1S/C22H35NO4.C6H12O2/c1-14-7-11-20-17(13-14)9-8-15(2)19(20)12-10-18(24)5-4-6-21(25)23-16(3)22(26)27;1-4-6(2,3)5(7)8/h8-9,13-16,18-20,24H,4-7,10-12H2,1-3H3,(H,23,25)(H,26,27);4H2,1-3H3,(H,7,8)/t14-,15?,16?,18?,19?,20?;/m1./s1. The van der Waals surface area contributed by atoms with E-state index in [2.05, 4.69) is 37.4 Å². The van der Waals surface area contributed by atoms with E-state index < -0.39 is 29.5 Å². The van der Waals surface area contributed by atoms with Crippen LogP contribution in [0.1, 0.15) is 92.9 Å². The van der Waals surface area contributed by atoms with Gasteiger partial charge in [0.1, 0.15) is 6.04 Å². The Bertz CT molecular complexity index is 771. The largest absolute Gasteiger partial charge is 0.481 e. The Morgan fingerprint density at radius 1 is 1.14 bits per heavy atom. The summed E-state index contributed by atoms with van der Waals surface area (Å²) in [5, 5.41) is 30.0. The number of rotatable bonds is 11. The van der Waals surface area contributed by atoms with Crippen LogP contribution in [0.3, 0.4) is 0 Å². The number of carbonyl (C=O) groups excluding carboxylic acids is 1. The maximum Gasteiger partial charge on any atom is 0.325 e. The molecule has 200 valence electrons. The molecule has 35 heavy (non-hydrogen) atoms. The molecule has 2 aliphatic rings. The molecule has 0 spiro atoms. The molecule has 7 nitrogen and oxygen atoms in total. The molecule has 2 aliphatic carbocycles. The van der Waals surface area contributed by atoms with Gasteiger partial charge in [0.25, 0.3) is 0 Å². The van der Waals surface area contributed by atoms with Gasteiger partial charge in [-0.15, -0.1) is 0 Å². The molecule has 0 fully saturated rings. The summed E-state index contributed by atoms with van der Waals surface area (Å²) in [5.41, 5.74) is 0.940. The molecular weight excluding hydrogens is 446 g/mol. The molecule has 7 heteroatoms. The third kappa shape index (κ3) is 10.6. The van der Waals surface area contributed by atoms with Gasteiger partial charge in [-0.2, -0.15) is 0 Å².